The molecule has 2 unspecified atom stereocenters. The first-order chi connectivity index (χ1) is 12.0. The van der Waals surface area contributed by atoms with E-state index >= 15 is 0 Å². The molecule has 130 valence electrons. The van der Waals surface area contributed by atoms with Crippen molar-refractivity contribution in [1.82, 2.24) is 0 Å². The molecule has 3 rings (SSSR count). The molecular weight excluding hydrogens is 340 g/mol. The quantitative estimate of drug-likeness (QED) is 0.852. The summed E-state index contributed by atoms with van der Waals surface area (Å²) in [4.78, 5) is 24.7. The van der Waals surface area contributed by atoms with E-state index in [0.717, 1.165) is 5.56 Å². The van der Waals surface area contributed by atoms with Gasteiger partial charge in [-0.25, -0.2) is 0 Å². The van der Waals surface area contributed by atoms with E-state index in [0.29, 0.717) is 28.6 Å². The average molecular weight is 359 g/mol. The number of benzene rings is 2. The predicted octanol–water partition coefficient (Wildman–Crippen LogP) is 3.87. The lowest BCUT2D eigenvalue weighted by molar-refractivity contribution is -0.122. The zero-order chi connectivity index (χ0) is 18.0. The number of carbonyl (C=O) groups is 2. The van der Waals surface area contributed by atoms with Gasteiger partial charge in [0.05, 0.1) is 24.6 Å². The highest BCUT2D eigenvalue weighted by atomic mass is 35.5. The van der Waals surface area contributed by atoms with E-state index in [1.165, 1.54) is 0 Å². The van der Waals surface area contributed by atoms with Gasteiger partial charge in [0.15, 0.2) is 0 Å². The number of ether oxygens (including phenoxy) is 1. The number of halogens is 1. The molecule has 2 atom stereocenters. The molecule has 6 heteroatoms. The summed E-state index contributed by atoms with van der Waals surface area (Å²) in [5, 5.41) is 6.27. The predicted molar refractivity (Wildman–Crippen MR) is 98.0 cm³/mol. The van der Waals surface area contributed by atoms with Crippen LogP contribution in [-0.2, 0) is 9.59 Å². The number of rotatable bonds is 5. The molecule has 0 heterocycles. The Balaban J connectivity index is 1.59. The second kappa shape index (κ2) is 7.15. The lowest BCUT2D eigenvalue weighted by Crippen LogP contribution is -2.20. The van der Waals surface area contributed by atoms with E-state index in [2.05, 4.69) is 10.6 Å². The number of anilines is 2. The minimum Gasteiger partial charge on any atom is -0.495 e. The minimum absolute atomic E-state index is 0.154. The van der Waals surface area contributed by atoms with Crippen molar-refractivity contribution in [2.24, 2.45) is 11.8 Å². The van der Waals surface area contributed by atoms with Crippen LogP contribution in [0.25, 0.3) is 0 Å². The first-order valence-electron chi connectivity index (χ1n) is 8.00. The number of carbonyl (C=O) groups excluding carboxylic acids is 2. The van der Waals surface area contributed by atoms with Crippen molar-refractivity contribution in [1.29, 1.82) is 0 Å². The molecule has 1 aliphatic carbocycles. The Morgan fingerprint density at radius 1 is 1.04 bits per heavy atom. The van der Waals surface area contributed by atoms with Crippen molar-refractivity contribution < 1.29 is 14.3 Å². The fourth-order valence-corrected chi connectivity index (χ4v) is 2.81. The van der Waals surface area contributed by atoms with Crippen molar-refractivity contribution >= 4 is 34.8 Å². The molecule has 0 aromatic heterocycles. The Kier molecular flexibility index (Phi) is 4.95. The molecule has 0 saturated heterocycles. The van der Waals surface area contributed by atoms with Gasteiger partial charge >= 0.3 is 0 Å². The summed E-state index contributed by atoms with van der Waals surface area (Å²) >= 11 is 5.82. The molecule has 0 bridgehead atoms. The number of methoxy groups -OCH3 is 1. The fourth-order valence-electron chi connectivity index (χ4n) is 2.69. The van der Waals surface area contributed by atoms with Crippen LogP contribution in [0.1, 0.15) is 12.0 Å². The Morgan fingerprint density at radius 2 is 1.68 bits per heavy atom. The second-order valence-corrected chi connectivity index (χ2v) is 6.57. The molecule has 1 saturated carbocycles. The number of amides is 2. The fraction of sp³-hybridized carbons (Fsp3) is 0.263. The number of hydrogen-bond acceptors (Lipinski definition) is 3. The lowest BCUT2D eigenvalue weighted by Gasteiger charge is -2.11. The number of nitrogens with one attached hydrogen (secondary N) is 2. The molecule has 1 fully saturated rings. The zero-order valence-electron chi connectivity index (χ0n) is 14.0. The monoisotopic (exact) mass is 358 g/mol. The van der Waals surface area contributed by atoms with Gasteiger partial charge in [-0.2, -0.15) is 0 Å². The third kappa shape index (κ3) is 4.12. The maximum atomic E-state index is 12.4. The minimum atomic E-state index is -0.322. The van der Waals surface area contributed by atoms with Crippen LogP contribution >= 0.6 is 11.6 Å². The van der Waals surface area contributed by atoms with Gasteiger partial charge in [0.2, 0.25) is 11.8 Å². The summed E-state index contributed by atoms with van der Waals surface area (Å²) in [7, 11) is 1.56. The molecule has 1 aliphatic rings. The van der Waals surface area contributed by atoms with E-state index in [-0.39, 0.29) is 23.7 Å². The van der Waals surface area contributed by atoms with Crippen molar-refractivity contribution in [3.63, 3.8) is 0 Å². The first-order valence-corrected chi connectivity index (χ1v) is 8.37. The SMILES string of the molecule is COc1ccc(C)cc1NC(=O)C1CC1C(=O)Nc1ccc(Cl)cc1. The molecule has 2 N–H and O–H groups in total. The van der Waals surface area contributed by atoms with Gasteiger partial charge in [-0.15, -0.1) is 0 Å². The molecule has 0 aliphatic heterocycles. The first kappa shape index (κ1) is 17.3. The summed E-state index contributed by atoms with van der Waals surface area (Å²) < 4.78 is 5.26. The zero-order valence-corrected chi connectivity index (χ0v) is 14.8. The van der Waals surface area contributed by atoms with Gasteiger partial charge in [-0.05, 0) is 55.3 Å². The van der Waals surface area contributed by atoms with Crippen molar-refractivity contribution in [2.45, 2.75) is 13.3 Å². The normalized spacial score (nSPS) is 18.4. The van der Waals surface area contributed by atoms with E-state index in [1.54, 1.807) is 31.4 Å². The number of aryl methyl sites for hydroxylation is 1. The summed E-state index contributed by atoms with van der Waals surface area (Å²) in [6.07, 6.45) is 0.541. The summed E-state index contributed by atoms with van der Waals surface area (Å²) in [5.74, 6) is -0.357. The van der Waals surface area contributed by atoms with Gasteiger partial charge in [-0.3, -0.25) is 9.59 Å². The molecule has 0 radical (unpaired) electrons. The van der Waals surface area contributed by atoms with Crippen LogP contribution in [0.4, 0.5) is 11.4 Å². The van der Waals surface area contributed by atoms with E-state index in [1.807, 2.05) is 25.1 Å². The van der Waals surface area contributed by atoms with E-state index in [4.69, 9.17) is 16.3 Å². The topological polar surface area (TPSA) is 67.4 Å². The lowest BCUT2D eigenvalue weighted by atomic mass is 10.2. The Labute approximate surface area is 151 Å². The van der Waals surface area contributed by atoms with Crippen LogP contribution in [0, 0.1) is 18.8 Å². The van der Waals surface area contributed by atoms with Gasteiger partial charge in [0, 0.05) is 10.7 Å². The summed E-state index contributed by atoms with van der Waals surface area (Å²) in [6.45, 7) is 1.94. The molecule has 2 aromatic rings. The van der Waals surface area contributed by atoms with Crippen LogP contribution in [0.5, 0.6) is 5.75 Å². The van der Waals surface area contributed by atoms with Crippen LogP contribution in [0.15, 0.2) is 42.5 Å². The van der Waals surface area contributed by atoms with Crippen LogP contribution < -0.4 is 15.4 Å². The van der Waals surface area contributed by atoms with Crippen molar-refractivity contribution in [3.05, 3.63) is 53.1 Å². The van der Waals surface area contributed by atoms with E-state index < -0.39 is 0 Å². The highest BCUT2D eigenvalue weighted by Gasteiger charge is 2.48. The molecular formula is C19H19ClN2O3. The van der Waals surface area contributed by atoms with Crippen LogP contribution in [0.3, 0.4) is 0 Å². The third-order valence-electron chi connectivity index (χ3n) is 4.19. The van der Waals surface area contributed by atoms with Gasteiger partial charge in [0.1, 0.15) is 5.75 Å². The van der Waals surface area contributed by atoms with Gasteiger partial charge in [-0.1, -0.05) is 17.7 Å². The van der Waals surface area contributed by atoms with E-state index in [9.17, 15) is 9.59 Å². The molecule has 2 amide bonds. The summed E-state index contributed by atoms with van der Waals surface area (Å²) in [5.41, 5.74) is 2.31. The standard InChI is InChI=1S/C19H19ClN2O3/c1-11-3-8-17(25-2)16(9-11)22-19(24)15-10-14(15)18(23)21-13-6-4-12(20)5-7-13/h3-9,14-15H,10H2,1-2H3,(H,21,23)(H,22,24). The molecule has 25 heavy (non-hydrogen) atoms. The molecule has 5 nitrogen and oxygen atoms in total. The molecule has 2 aromatic carbocycles. The highest BCUT2D eigenvalue weighted by Crippen LogP contribution is 2.41. The second-order valence-electron chi connectivity index (χ2n) is 6.14. The Bertz CT molecular complexity index is 805. The third-order valence-corrected chi connectivity index (χ3v) is 4.44. The smallest absolute Gasteiger partial charge is 0.228 e. The van der Waals surface area contributed by atoms with Crippen molar-refractivity contribution in [3.8, 4) is 5.75 Å². The van der Waals surface area contributed by atoms with Gasteiger partial charge < -0.3 is 15.4 Å². The van der Waals surface area contributed by atoms with Gasteiger partial charge in [0.25, 0.3) is 0 Å². The average Bonchev–Trinajstić information content (AvgIpc) is 3.38. The van der Waals surface area contributed by atoms with Crippen molar-refractivity contribution in [2.75, 3.05) is 17.7 Å². The maximum absolute atomic E-state index is 12.4. The largest absolute Gasteiger partial charge is 0.495 e. The summed E-state index contributed by atoms with van der Waals surface area (Å²) in [6, 6.07) is 12.4. The molecule has 0 spiro atoms. The maximum Gasteiger partial charge on any atom is 0.228 e. The number of hydrogen-bond donors (Lipinski definition) is 2. The van der Waals surface area contributed by atoms with Crippen LogP contribution in [0.2, 0.25) is 5.02 Å². The van der Waals surface area contributed by atoms with Crippen LogP contribution in [-0.4, -0.2) is 18.9 Å². The Morgan fingerprint density at radius 3 is 2.32 bits per heavy atom. The Hall–Kier alpha value is -2.53. The highest BCUT2D eigenvalue weighted by molar-refractivity contribution is 6.30.